The molecule has 8 heteroatoms. The molecule has 0 aromatic carbocycles. The molecule has 4 heterocycles. The number of ether oxygens (including phenoxy) is 1. The van der Waals surface area contributed by atoms with Gasteiger partial charge < -0.3 is 19.6 Å². The van der Waals surface area contributed by atoms with Crippen molar-refractivity contribution in [1.29, 1.82) is 0 Å². The van der Waals surface area contributed by atoms with Crippen LogP contribution in [0.15, 0.2) is 24.3 Å². The Morgan fingerprint density at radius 3 is 2.59 bits per heavy atom. The number of esters is 1. The summed E-state index contributed by atoms with van der Waals surface area (Å²) in [6.45, 7) is 1.64. The van der Waals surface area contributed by atoms with E-state index in [2.05, 4.69) is 24.3 Å². The van der Waals surface area contributed by atoms with Gasteiger partial charge in [-0.25, -0.2) is 0 Å². The molecule has 5 rings (SSSR count). The van der Waals surface area contributed by atoms with Gasteiger partial charge in [0.1, 0.15) is 6.04 Å². The highest BCUT2D eigenvalue weighted by Gasteiger charge is 2.71. The number of aliphatic hydroxyl groups is 1. The van der Waals surface area contributed by atoms with E-state index in [-0.39, 0.29) is 35.7 Å². The zero-order chi connectivity index (χ0) is 25.8. The average Bonchev–Trinajstić information content (AvgIpc) is 3.29. The average molecular weight is 531 g/mol. The minimum atomic E-state index is -0.755. The number of allylic oxidation sites excluding steroid dienone is 1. The molecular formula is C29H42N2O5S. The summed E-state index contributed by atoms with van der Waals surface area (Å²) in [6.07, 6.45) is 20.0. The Morgan fingerprint density at radius 2 is 1.78 bits per heavy atom. The van der Waals surface area contributed by atoms with Crippen molar-refractivity contribution in [2.24, 2.45) is 11.8 Å². The minimum absolute atomic E-state index is 0.0525. The molecular weight excluding hydrogens is 488 g/mol. The lowest BCUT2D eigenvalue weighted by Gasteiger charge is -2.39. The van der Waals surface area contributed by atoms with Crippen molar-refractivity contribution in [2.45, 2.75) is 99.1 Å². The van der Waals surface area contributed by atoms with Crippen LogP contribution in [0, 0.1) is 11.8 Å². The molecule has 1 unspecified atom stereocenters. The molecule has 7 nitrogen and oxygen atoms in total. The fourth-order valence-electron chi connectivity index (χ4n) is 7.14. The van der Waals surface area contributed by atoms with Gasteiger partial charge in [-0.3, -0.25) is 14.4 Å². The number of carbonyl (C=O) groups excluding carboxylic acids is 3. The summed E-state index contributed by atoms with van der Waals surface area (Å²) < 4.78 is 4.95. The highest BCUT2D eigenvalue weighted by Crippen LogP contribution is 2.60. The quantitative estimate of drug-likeness (QED) is 0.306. The number of fused-ring (bicyclic) bond motifs is 2. The van der Waals surface area contributed by atoms with Crippen molar-refractivity contribution < 1.29 is 24.2 Å². The molecule has 1 N–H and O–H groups in total. The first-order valence-corrected chi connectivity index (χ1v) is 15.4. The van der Waals surface area contributed by atoms with Crippen LogP contribution in [0.5, 0.6) is 0 Å². The van der Waals surface area contributed by atoms with Gasteiger partial charge in [0.05, 0.1) is 23.2 Å². The molecule has 4 aliphatic heterocycles. The van der Waals surface area contributed by atoms with Crippen LogP contribution in [-0.2, 0) is 19.1 Å². The van der Waals surface area contributed by atoms with E-state index in [1.807, 2.05) is 9.80 Å². The van der Waals surface area contributed by atoms with Crippen molar-refractivity contribution in [3.8, 4) is 0 Å². The van der Waals surface area contributed by atoms with Gasteiger partial charge in [0.15, 0.2) is 0 Å². The summed E-state index contributed by atoms with van der Waals surface area (Å²) >= 11 is 1.64. The Balaban J connectivity index is 1.49. The highest BCUT2D eigenvalue weighted by atomic mass is 32.2. The van der Waals surface area contributed by atoms with E-state index in [0.717, 1.165) is 70.6 Å². The van der Waals surface area contributed by atoms with Crippen LogP contribution >= 0.6 is 11.8 Å². The largest absolute Gasteiger partial charge is 0.465 e. The van der Waals surface area contributed by atoms with Gasteiger partial charge in [-0.2, -0.15) is 0 Å². The standard InChI is InChI=1S/C29H42N2O5S/c32-19-10-3-2-9-17-31-25-27(34)30(21-13-6-5-7-14-21)18-12-16-29(25)24(26(31)33)23-22(37-29)15-8-1-4-11-20-36-28(23)35/h8,12,15-16,21-25,32H,1-7,9-11,13-14,17-20H2/b15-8-/t22-,23+,24+,25?,29+/m1/s1. The number of thioether (sulfide) groups is 1. The van der Waals surface area contributed by atoms with E-state index in [4.69, 9.17) is 9.84 Å². The number of amides is 2. The summed E-state index contributed by atoms with van der Waals surface area (Å²) in [5.41, 5.74) is 0. The molecule has 2 saturated heterocycles. The normalized spacial score (nSPS) is 35.5. The number of carbonyl (C=O) groups is 3. The Labute approximate surface area is 225 Å². The molecule has 1 aliphatic carbocycles. The number of rotatable bonds is 7. The molecule has 5 atom stereocenters. The van der Waals surface area contributed by atoms with Crippen molar-refractivity contribution in [2.75, 3.05) is 26.3 Å². The molecule has 0 aromatic rings. The predicted octanol–water partition coefficient (Wildman–Crippen LogP) is 3.85. The highest BCUT2D eigenvalue weighted by molar-refractivity contribution is 8.02. The third kappa shape index (κ3) is 5.12. The predicted molar refractivity (Wildman–Crippen MR) is 144 cm³/mol. The monoisotopic (exact) mass is 530 g/mol. The molecule has 3 fully saturated rings. The Morgan fingerprint density at radius 1 is 0.973 bits per heavy atom. The third-order valence-electron chi connectivity index (χ3n) is 8.95. The minimum Gasteiger partial charge on any atom is -0.465 e. The number of cyclic esters (lactones) is 1. The van der Waals surface area contributed by atoms with E-state index in [1.54, 1.807) is 11.8 Å². The van der Waals surface area contributed by atoms with Gasteiger partial charge in [0, 0.05) is 31.0 Å². The summed E-state index contributed by atoms with van der Waals surface area (Å²) in [6, 6.07) is -0.370. The molecule has 1 spiro atoms. The first kappa shape index (κ1) is 26.8. The lowest BCUT2D eigenvalue weighted by atomic mass is 9.78. The zero-order valence-corrected chi connectivity index (χ0v) is 22.7. The fraction of sp³-hybridized carbons (Fsp3) is 0.759. The maximum atomic E-state index is 14.4. The summed E-state index contributed by atoms with van der Waals surface area (Å²) in [4.78, 5) is 45.9. The van der Waals surface area contributed by atoms with Crippen LogP contribution in [0.2, 0.25) is 0 Å². The van der Waals surface area contributed by atoms with Crippen LogP contribution in [0.25, 0.3) is 0 Å². The smallest absolute Gasteiger partial charge is 0.311 e. The molecule has 0 radical (unpaired) electrons. The molecule has 37 heavy (non-hydrogen) atoms. The van der Waals surface area contributed by atoms with Crippen molar-refractivity contribution in [3.63, 3.8) is 0 Å². The van der Waals surface area contributed by atoms with Gasteiger partial charge in [-0.15, -0.1) is 11.8 Å². The molecule has 1 saturated carbocycles. The van der Waals surface area contributed by atoms with Gasteiger partial charge in [-0.1, -0.05) is 56.4 Å². The topological polar surface area (TPSA) is 87.2 Å². The number of hydrogen-bond donors (Lipinski definition) is 1. The van der Waals surface area contributed by atoms with Crippen LogP contribution in [0.1, 0.15) is 77.0 Å². The second-order valence-corrected chi connectivity index (χ2v) is 12.8. The fourth-order valence-corrected chi connectivity index (χ4v) is 9.14. The zero-order valence-electron chi connectivity index (χ0n) is 21.9. The van der Waals surface area contributed by atoms with E-state index in [9.17, 15) is 14.4 Å². The van der Waals surface area contributed by atoms with Crippen LogP contribution < -0.4 is 0 Å². The van der Waals surface area contributed by atoms with Crippen LogP contribution in [0.3, 0.4) is 0 Å². The number of unbranched alkanes of at least 4 members (excludes halogenated alkanes) is 3. The molecule has 2 amide bonds. The van der Waals surface area contributed by atoms with E-state index in [1.165, 1.54) is 6.42 Å². The maximum Gasteiger partial charge on any atom is 0.311 e. The number of likely N-dealkylation sites (tertiary alicyclic amines) is 1. The molecule has 204 valence electrons. The van der Waals surface area contributed by atoms with E-state index >= 15 is 0 Å². The lowest BCUT2D eigenvalue weighted by Crippen LogP contribution is -2.55. The van der Waals surface area contributed by atoms with Crippen molar-refractivity contribution in [3.05, 3.63) is 24.3 Å². The summed E-state index contributed by atoms with van der Waals surface area (Å²) in [7, 11) is 0. The first-order valence-electron chi connectivity index (χ1n) is 14.5. The van der Waals surface area contributed by atoms with Gasteiger partial charge in [-0.05, 0) is 44.9 Å². The van der Waals surface area contributed by atoms with Crippen molar-refractivity contribution >= 4 is 29.5 Å². The molecule has 0 aromatic heterocycles. The molecule has 0 bridgehead atoms. The first-order chi connectivity index (χ1) is 18.1. The Bertz CT molecular complexity index is 916. The summed E-state index contributed by atoms with van der Waals surface area (Å²) in [5, 5.41) is 8.97. The lowest BCUT2D eigenvalue weighted by molar-refractivity contribution is -0.153. The van der Waals surface area contributed by atoms with Gasteiger partial charge in [0.25, 0.3) is 0 Å². The third-order valence-corrected chi connectivity index (χ3v) is 10.7. The number of hydrogen-bond acceptors (Lipinski definition) is 6. The molecule has 5 aliphatic rings. The van der Waals surface area contributed by atoms with Crippen LogP contribution in [0.4, 0.5) is 0 Å². The maximum absolute atomic E-state index is 14.4. The number of nitrogens with zero attached hydrogens (tertiary/aromatic N) is 2. The number of aliphatic hydroxyl groups excluding tert-OH is 1. The van der Waals surface area contributed by atoms with Crippen molar-refractivity contribution in [1.82, 2.24) is 9.80 Å². The van der Waals surface area contributed by atoms with E-state index < -0.39 is 22.6 Å². The van der Waals surface area contributed by atoms with Crippen LogP contribution in [-0.4, -0.2) is 81.1 Å². The van der Waals surface area contributed by atoms with Gasteiger partial charge in [0.2, 0.25) is 11.8 Å². The summed E-state index contributed by atoms with van der Waals surface area (Å²) in [5.74, 6) is -1.48. The van der Waals surface area contributed by atoms with Gasteiger partial charge >= 0.3 is 5.97 Å². The van der Waals surface area contributed by atoms with E-state index in [0.29, 0.717) is 19.7 Å². The second-order valence-electron chi connectivity index (χ2n) is 11.3. The Hall–Kier alpha value is -1.80. The SMILES string of the molecule is O=C1OCCCC/C=C\[C@H]2S[C@]34C=CCN(C5CCCCC5)C(=O)C3N(CCCCCCO)C(=O)[C@@H]4[C@@H]12. The second kappa shape index (κ2) is 11.9. The Kier molecular flexibility index (Phi) is 8.64.